The Morgan fingerprint density at radius 3 is 2.60 bits per heavy atom. The number of hydrogen-bond donors (Lipinski definition) is 2. The lowest BCUT2D eigenvalue weighted by Crippen LogP contribution is -2.22. The number of para-hydroxylation sites is 1. The predicted octanol–water partition coefficient (Wildman–Crippen LogP) is 4.36. The van der Waals surface area contributed by atoms with E-state index in [4.69, 9.17) is 14.7 Å². The molecule has 1 aliphatic carbocycles. The molecule has 2 fully saturated rings. The van der Waals surface area contributed by atoms with Crippen molar-refractivity contribution in [1.29, 1.82) is 0 Å². The molecule has 5 heteroatoms. The normalized spacial score (nSPS) is 22.0. The Morgan fingerprint density at radius 2 is 1.80 bits per heavy atom. The molecule has 2 heterocycles. The lowest BCUT2D eigenvalue weighted by molar-refractivity contribution is 0.120. The second-order valence-corrected chi connectivity index (χ2v) is 7.26. The summed E-state index contributed by atoms with van der Waals surface area (Å²) in [6.45, 7) is 1.69. The molecule has 25 heavy (non-hydrogen) atoms. The van der Waals surface area contributed by atoms with Gasteiger partial charge in [0, 0.05) is 24.6 Å². The highest BCUT2D eigenvalue weighted by atomic mass is 16.5. The molecule has 4 rings (SSSR count). The van der Waals surface area contributed by atoms with Crippen LogP contribution in [-0.4, -0.2) is 35.3 Å². The summed E-state index contributed by atoms with van der Waals surface area (Å²) in [5, 5.41) is 8.17. The van der Waals surface area contributed by atoms with Gasteiger partial charge in [-0.25, -0.2) is 4.98 Å². The SMILES string of the molecule is c1ccc2c(NCC3CCCO3)nc(NC3CCCCCC3)nc2c1. The molecule has 2 N–H and O–H groups in total. The van der Waals surface area contributed by atoms with E-state index in [1.807, 2.05) is 12.1 Å². The van der Waals surface area contributed by atoms with Crippen molar-refractivity contribution in [3.63, 3.8) is 0 Å². The molecule has 1 atom stereocenters. The molecule has 1 saturated carbocycles. The van der Waals surface area contributed by atoms with Crippen molar-refractivity contribution in [1.82, 2.24) is 9.97 Å². The fourth-order valence-electron chi connectivity index (χ4n) is 3.90. The second-order valence-electron chi connectivity index (χ2n) is 7.26. The van der Waals surface area contributed by atoms with Crippen LogP contribution in [0.5, 0.6) is 0 Å². The quantitative estimate of drug-likeness (QED) is 0.792. The summed E-state index contributed by atoms with van der Waals surface area (Å²) >= 11 is 0. The highest BCUT2D eigenvalue weighted by Gasteiger charge is 2.17. The topological polar surface area (TPSA) is 59.1 Å². The summed E-state index contributed by atoms with van der Waals surface area (Å²) in [4.78, 5) is 9.54. The fourth-order valence-corrected chi connectivity index (χ4v) is 3.90. The first-order valence-corrected chi connectivity index (χ1v) is 9.77. The third-order valence-corrected chi connectivity index (χ3v) is 5.31. The number of benzene rings is 1. The third-order valence-electron chi connectivity index (χ3n) is 5.31. The minimum Gasteiger partial charge on any atom is -0.376 e. The zero-order valence-corrected chi connectivity index (χ0v) is 14.8. The van der Waals surface area contributed by atoms with Crippen molar-refractivity contribution >= 4 is 22.7 Å². The highest BCUT2D eigenvalue weighted by molar-refractivity contribution is 5.90. The number of anilines is 2. The molecule has 0 bridgehead atoms. The van der Waals surface area contributed by atoms with Gasteiger partial charge in [-0.05, 0) is 37.8 Å². The van der Waals surface area contributed by atoms with Crippen LogP contribution < -0.4 is 10.6 Å². The van der Waals surface area contributed by atoms with Crippen molar-refractivity contribution in [2.24, 2.45) is 0 Å². The van der Waals surface area contributed by atoms with Gasteiger partial charge >= 0.3 is 0 Å². The monoisotopic (exact) mass is 340 g/mol. The van der Waals surface area contributed by atoms with Crippen molar-refractivity contribution in [3.05, 3.63) is 24.3 Å². The molecule has 5 nitrogen and oxygen atoms in total. The maximum absolute atomic E-state index is 5.73. The Hall–Kier alpha value is -1.88. The van der Waals surface area contributed by atoms with Gasteiger partial charge in [-0.3, -0.25) is 0 Å². The molecular weight excluding hydrogens is 312 g/mol. The van der Waals surface area contributed by atoms with Gasteiger partial charge in [0.25, 0.3) is 0 Å². The van der Waals surface area contributed by atoms with Crippen LogP contribution in [0.2, 0.25) is 0 Å². The van der Waals surface area contributed by atoms with E-state index in [0.29, 0.717) is 12.1 Å². The number of fused-ring (bicyclic) bond motifs is 1. The molecule has 0 radical (unpaired) electrons. The Morgan fingerprint density at radius 1 is 0.960 bits per heavy atom. The van der Waals surface area contributed by atoms with Crippen LogP contribution in [0.3, 0.4) is 0 Å². The van der Waals surface area contributed by atoms with E-state index in [-0.39, 0.29) is 0 Å². The van der Waals surface area contributed by atoms with Crippen molar-refractivity contribution in [2.75, 3.05) is 23.8 Å². The summed E-state index contributed by atoms with van der Waals surface area (Å²) in [5.41, 5.74) is 0.989. The van der Waals surface area contributed by atoms with E-state index >= 15 is 0 Å². The van der Waals surface area contributed by atoms with Gasteiger partial charge in [0.05, 0.1) is 11.6 Å². The molecule has 0 spiro atoms. The number of nitrogens with zero attached hydrogens (tertiary/aromatic N) is 2. The van der Waals surface area contributed by atoms with Gasteiger partial charge in [0.15, 0.2) is 0 Å². The molecule has 1 unspecified atom stereocenters. The molecule has 1 aromatic carbocycles. The lowest BCUT2D eigenvalue weighted by Gasteiger charge is -2.18. The molecular formula is C20H28N4O. The average Bonchev–Trinajstić information content (AvgIpc) is 3.03. The van der Waals surface area contributed by atoms with E-state index in [0.717, 1.165) is 48.7 Å². The summed E-state index contributed by atoms with van der Waals surface area (Å²) in [6.07, 6.45) is 10.3. The Bertz CT molecular complexity index is 691. The van der Waals surface area contributed by atoms with Gasteiger partial charge in [0.2, 0.25) is 5.95 Å². The highest BCUT2D eigenvalue weighted by Crippen LogP contribution is 2.25. The van der Waals surface area contributed by atoms with Crippen LogP contribution in [-0.2, 0) is 4.74 Å². The van der Waals surface area contributed by atoms with Crippen LogP contribution in [0.1, 0.15) is 51.4 Å². The van der Waals surface area contributed by atoms with Crippen LogP contribution in [0.25, 0.3) is 10.9 Å². The van der Waals surface area contributed by atoms with Crippen LogP contribution >= 0.6 is 0 Å². The third kappa shape index (κ3) is 4.21. The van der Waals surface area contributed by atoms with E-state index in [1.165, 1.54) is 38.5 Å². The second kappa shape index (κ2) is 8.00. The molecule has 1 saturated heterocycles. The van der Waals surface area contributed by atoms with Crippen molar-refractivity contribution < 1.29 is 4.74 Å². The Balaban J connectivity index is 1.54. The molecule has 134 valence electrons. The van der Waals surface area contributed by atoms with E-state index in [9.17, 15) is 0 Å². The van der Waals surface area contributed by atoms with Gasteiger partial charge in [-0.1, -0.05) is 37.8 Å². The zero-order chi connectivity index (χ0) is 16.9. The van der Waals surface area contributed by atoms with Gasteiger partial charge < -0.3 is 15.4 Å². The van der Waals surface area contributed by atoms with Crippen molar-refractivity contribution in [2.45, 2.75) is 63.5 Å². The van der Waals surface area contributed by atoms with Gasteiger partial charge in [-0.2, -0.15) is 4.98 Å². The van der Waals surface area contributed by atoms with Gasteiger partial charge in [0.1, 0.15) is 5.82 Å². The maximum atomic E-state index is 5.73. The maximum Gasteiger partial charge on any atom is 0.225 e. The minimum atomic E-state index is 0.298. The first-order valence-electron chi connectivity index (χ1n) is 9.77. The number of rotatable bonds is 5. The summed E-state index contributed by atoms with van der Waals surface area (Å²) in [7, 11) is 0. The van der Waals surface area contributed by atoms with Gasteiger partial charge in [-0.15, -0.1) is 0 Å². The molecule has 2 aliphatic rings. The minimum absolute atomic E-state index is 0.298. The smallest absolute Gasteiger partial charge is 0.225 e. The predicted molar refractivity (Wildman–Crippen MR) is 102 cm³/mol. The molecule has 0 amide bonds. The zero-order valence-electron chi connectivity index (χ0n) is 14.8. The summed E-state index contributed by atoms with van der Waals surface area (Å²) in [6, 6.07) is 8.72. The first-order chi connectivity index (χ1) is 12.4. The van der Waals surface area contributed by atoms with Crippen LogP contribution in [0, 0.1) is 0 Å². The molecule has 1 aromatic heterocycles. The number of ether oxygens (including phenoxy) is 1. The number of hydrogen-bond acceptors (Lipinski definition) is 5. The summed E-state index contributed by atoms with van der Waals surface area (Å²) < 4.78 is 5.73. The van der Waals surface area contributed by atoms with E-state index < -0.39 is 0 Å². The fraction of sp³-hybridized carbons (Fsp3) is 0.600. The summed E-state index contributed by atoms with van der Waals surface area (Å²) in [5.74, 6) is 1.66. The molecule has 2 aromatic rings. The first kappa shape index (κ1) is 16.6. The van der Waals surface area contributed by atoms with E-state index in [2.05, 4.69) is 22.8 Å². The Kier molecular flexibility index (Phi) is 5.31. The number of nitrogens with one attached hydrogen (secondary N) is 2. The largest absolute Gasteiger partial charge is 0.376 e. The van der Waals surface area contributed by atoms with Crippen LogP contribution in [0.15, 0.2) is 24.3 Å². The van der Waals surface area contributed by atoms with Crippen LogP contribution in [0.4, 0.5) is 11.8 Å². The standard InChI is InChI=1S/C20H28N4O/c1-2-4-9-15(8-3-1)22-20-23-18-12-6-5-11-17(18)19(24-20)21-14-16-10-7-13-25-16/h5-6,11-12,15-16H,1-4,7-10,13-14H2,(H2,21,22,23,24). The van der Waals surface area contributed by atoms with Crippen molar-refractivity contribution in [3.8, 4) is 0 Å². The lowest BCUT2D eigenvalue weighted by atomic mass is 10.1. The Labute approximate surface area is 149 Å². The van der Waals surface area contributed by atoms with E-state index in [1.54, 1.807) is 0 Å². The molecule has 1 aliphatic heterocycles. The average molecular weight is 340 g/mol. The number of aromatic nitrogens is 2.